The first-order valence-corrected chi connectivity index (χ1v) is 6.69. The van der Waals surface area contributed by atoms with Gasteiger partial charge in [0.2, 0.25) is 0 Å². The maximum Gasteiger partial charge on any atom is 0.129 e. The van der Waals surface area contributed by atoms with Gasteiger partial charge in [-0.25, -0.2) is 8.78 Å². The van der Waals surface area contributed by atoms with Crippen LogP contribution >= 0.6 is 0 Å². The molecule has 1 atom stereocenters. The Balaban J connectivity index is 2.33. The SMILES string of the molecule is CCNC(Cc1c(F)cccc1F)c1cc(C)nn1C. The average Bonchev–Trinajstić information content (AvgIpc) is 2.72. The highest BCUT2D eigenvalue weighted by atomic mass is 19.1. The molecule has 0 aliphatic rings. The quantitative estimate of drug-likeness (QED) is 0.912. The van der Waals surface area contributed by atoms with Gasteiger partial charge in [-0.05, 0) is 38.1 Å². The van der Waals surface area contributed by atoms with E-state index >= 15 is 0 Å². The van der Waals surface area contributed by atoms with Crippen LogP contribution in [0.4, 0.5) is 8.78 Å². The van der Waals surface area contributed by atoms with Crippen LogP contribution in [0, 0.1) is 18.6 Å². The van der Waals surface area contributed by atoms with E-state index in [1.807, 2.05) is 27.0 Å². The van der Waals surface area contributed by atoms with Crippen LogP contribution in [0.25, 0.3) is 0 Å². The number of aromatic nitrogens is 2. The lowest BCUT2D eigenvalue weighted by molar-refractivity contribution is 0.476. The van der Waals surface area contributed by atoms with Crippen molar-refractivity contribution in [3.63, 3.8) is 0 Å². The smallest absolute Gasteiger partial charge is 0.129 e. The van der Waals surface area contributed by atoms with Crippen molar-refractivity contribution in [3.8, 4) is 0 Å². The molecule has 1 aromatic carbocycles. The second-order valence-corrected chi connectivity index (χ2v) is 4.85. The lowest BCUT2D eigenvalue weighted by Crippen LogP contribution is -2.25. The minimum atomic E-state index is -0.508. The molecule has 1 aromatic heterocycles. The van der Waals surface area contributed by atoms with Gasteiger partial charge in [0.15, 0.2) is 0 Å². The van der Waals surface area contributed by atoms with Crippen LogP contribution < -0.4 is 5.32 Å². The highest BCUT2D eigenvalue weighted by Gasteiger charge is 2.19. The summed E-state index contributed by atoms with van der Waals surface area (Å²) in [5.41, 5.74) is 1.92. The van der Waals surface area contributed by atoms with E-state index in [-0.39, 0.29) is 18.0 Å². The third-order valence-electron chi connectivity index (χ3n) is 3.32. The fourth-order valence-corrected chi connectivity index (χ4v) is 2.42. The van der Waals surface area contributed by atoms with E-state index in [0.717, 1.165) is 11.4 Å². The molecule has 0 radical (unpaired) electrons. The highest BCUT2D eigenvalue weighted by Crippen LogP contribution is 2.22. The van der Waals surface area contributed by atoms with Crippen molar-refractivity contribution >= 4 is 0 Å². The summed E-state index contributed by atoms with van der Waals surface area (Å²) in [5.74, 6) is -1.02. The molecule has 108 valence electrons. The molecule has 1 unspecified atom stereocenters. The van der Waals surface area contributed by atoms with Crippen molar-refractivity contribution < 1.29 is 8.78 Å². The van der Waals surface area contributed by atoms with Gasteiger partial charge in [0.1, 0.15) is 11.6 Å². The Kier molecular flexibility index (Phi) is 4.49. The molecule has 0 saturated heterocycles. The van der Waals surface area contributed by atoms with E-state index < -0.39 is 11.6 Å². The predicted molar refractivity (Wildman–Crippen MR) is 74.4 cm³/mol. The number of aryl methyl sites for hydroxylation is 2. The summed E-state index contributed by atoms with van der Waals surface area (Å²) in [6.07, 6.45) is 0.255. The fraction of sp³-hybridized carbons (Fsp3) is 0.400. The largest absolute Gasteiger partial charge is 0.309 e. The van der Waals surface area contributed by atoms with E-state index in [1.165, 1.54) is 18.2 Å². The number of rotatable bonds is 5. The van der Waals surface area contributed by atoms with Gasteiger partial charge in [-0.1, -0.05) is 13.0 Å². The zero-order valence-corrected chi connectivity index (χ0v) is 12.0. The maximum atomic E-state index is 13.8. The summed E-state index contributed by atoms with van der Waals surface area (Å²) < 4.78 is 29.3. The van der Waals surface area contributed by atoms with Gasteiger partial charge in [0.25, 0.3) is 0 Å². The molecule has 0 amide bonds. The number of halogens is 2. The van der Waals surface area contributed by atoms with Gasteiger partial charge >= 0.3 is 0 Å². The molecule has 5 heteroatoms. The zero-order chi connectivity index (χ0) is 14.7. The van der Waals surface area contributed by atoms with Crippen molar-refractivity contribution in [1.29, 1.82) is 0 Å². The van der Waals surface area contributed by atoms with E-state index in [1.54, 1.807) is 4.68 Å². The minimum Gasteiger partial charge on any atom is -0.309 e. The first-order chi connectivity index (χ1) is 9.52. The molecule has 3 nitrogen and oxygen atoms in total. The number of hydrogen-bond acceptors (Lipinski definition) is 2. The van der Waals surface area contributed by atoms with Gasteiger partial charge in [-0.2, -0.15) is 5.10 Å². The van der Waals surface area contributed by atoms with Gasteiger partial charge in [-0.15, -0.1) is 0 Å². The van der Waals surface area contributed by atoms with Crippen LogP contribution in [0.15, 0.2) is 24.3 Å². The average molecular weight is 279 g/mol. The minimum absolute atomic E-state index is 0.109. The van der Waals surface area contributed by atoms with Crippen molar-refractivity contribution in [2.45, 2.75) is 26.3 Å². The van der Waals surface area contributed by atoms with Crippen LogP contribution in [0.5, 0.6) is 0 Å². The van der Waals surface area contributed by atoms with Gasteiger partial charge < -0.3 is 5.32 Å². The second-order valence-electron chi connectivity index (χ2n) is 4.85. The predicted octanol–water partition coefficient (Wildman–Crippen LogP) is 2.90. The molecular weight excluding hydrogens is 260 g/mol. The molecule has 0 bridgehead atoms. The third-order valence-corrected chi connectivity index (χ3v) is 3.32. The Labute approximate surface area is 117 Å². The summed E-state index contributed by atoms with van der Waals surface area (Å²) in [5, 5.41) is 7.55. The molecule has 0 aliphatic carbocycles. The lowest BCUT2D eigenvalue weighted by atomic mass is 10.0. The first-order valence-electron chi connectivity index (χ1n) is 6.69. The van der Waals surface area contributed by atoms with Crippen LogP contribution in [-0.2, 0) is 13.5 Å². The summed E-state index contributed by atoms with van der Waals surface area (Å²) in [6, 6.07) is 5.72. The van der Waals surface area contributed by atoms with Gasteiger partial charge in [0.05, 0.1) is 17.4 Å². The summed E-state index contributed by atoms with van der Waals surface area (Å²) in [7, 11) is 1.84. The Morgan fingerprint density at radius 1 is 1.30 bits per heavy atom. The number of benzene rings is 1. The van der Waals surface area contributed by atoms with Crippen molar-refractivity contribution in [3.05, 3.63) is 52.9 Å². The molecule has 0 fully saturated rings. The number of likely N-dealkylation sites (N-methyl/N-ethyl adjacent to an activating group) is 1. The molecule has 0 saturated carbocycles. The standard InChI is InChI=1S/C15H19F2N3/c1-4-18-14(15-8-10(2)19-20(15)3)9-11-12(16)6-5-7-13(11)17/h5-8,14,18H,4,9H2,1-3H3. The molecule has 1 heterocycles. The second kappa shape index (κ2) is 6.13. The van der Waals surface area contributed by atoms with E-state index in [2.05, 4.69) is 10.4 Å². The zero-order valence-electron chi connectivity index (χ0n) is 12.0. The molecule has 0 aliphatic heterocycles. The van der Waals surface area contributed by atoms with Crippen molar-refractivity contribution in [2.24, 2.45) is 7.05 Å². The topological polar surface area (TPSA) is 29.9 Å². The summed E-state index contributed by atoms with van der Waals surface area (Å²) >= 11 is 0. The molecular formula is C15H19F2N3. The van der Waals surface area contributed by atoms with Crippen molar-refractivity contribution in [2.75, 3.05) is 6.54 Å². The van der Waals surface area contributed by atoms with Crippen LogP contribution in [0.3, 0.4) is 0 Å². The molecule has 1 N–H and O–H groups in total. The maximum absolute atomic E-state index is 13.8. The monoisotopic (exact) mass is 279 g/mol. The van der Waals surface area contributed by atoms with Gasteiger partial charge in [-0.3, -0.25) is 4.68 Å². The molecule has 0 spiro atoms. The molecule has 2 rings (SSSR count). The lowest BCUT2D eigenvalue weighted by Gasteiger charge is -2.19. The first kappa shape index (κ1) is 14.7. The normalized spacial score (nSPS) is 12.7. The highest BCUT2D eigenvalue weighted by molar-refractivity contribution is 5.23. The van der Waals surface area contributed by atoms with Crippen molar-refractivity contribution in [1.82, 2.24) is 15.1 Å². The Morgan fingerprint density at radius 2 is 1.95 bits per heavy atom. The van der Waals surface area contributed by atoms with Crippen LogP contribution in [0.1, 0.15) is 29.9 Å². The summed E-state index contributed by atoms with van der Waals surface area (Å²) in [6.45, 7) is 4.58. The number of nitrogens with zero attached hydrogens (tertiary/aromatic N) is 2. The number of nitrogens with one attached hydrogen (secondary N) is 1. The summed E-state index contributed by atoms with van der Waals surface area (Å²) in [4.78, 5) is 0. The van der Waals surface area contributed by atoms with E-state index in [0.29, 0.717) is 6.54 Å². The third kappa shape index (κ3) is 3.04. The number of hydrogen-bond donors (Lipinski definition) is 1. The van der Waals surface area contributed by atoms with E-state index in [9.17, 15) is 8.78 Å². The van der Waals surface area contributed by atoms with Crippen LogP contribution in [-0.4, -0.2) is 16.3 Å². The van der Waals surface area contributed by atoms with Crippen LogP contribution in [0.2, 0.25) is 0 Å². The van der Waals surface area contributed by atoms with Gasteiger partial charge in [0, 0.05) is 12.6 Å². The Bertz CT molecular complexity index is 573. The fourth-order valence-electron chi connectivity index (χ4n) is 2.42. The molecule has 20 heavy (non-hydrogen) atoms. The van der Waals surface area contributed by atoms with E-state index in [4.69, 9.17) is 0 Å². The Hall–Kier alpha value is -1.75. The molecule has 2 aromatic rings. The Morgan fingerprint density at radius 3 is 2.45 bits per heavy atom.